The largest absolute Gasteiger partial charge is 0.796 e. The van der Waals surface area contributed by atoms with Gasteiger partial charge in [-0.1, -0.05) is 24.3 Å². The number of halogens is 2. The highest BCUT2D eigenvalue weighted by Gasteiger charge is 2.26. The summed E-state index contributed by atoms with van der Waals surface area (Å²) in [5, 5.41) is 0. The molecule has 2 rings (SSSR count). The number of hydrogen-bond acceptors (Lipinski definition) is 2. The van der Waals surface area contributed by atoms with Crippen molar-refractivity contribution in [1.29, 1.82) is 0 Å². The van der Waals surface area contributed by atoms with Crippen LogP contribution in [0.3, 0.4) is 0 Å². The molecule has 1 aliphatic rings. The van der Waals surface area contributed by atoms with Crippen LogP contribution in [0, 0.1) is 0 Å². The van der Waals surface area contributed by atoms with Crippen molar-refractivity contribution in [2.75, 3.05) is 0 Å². The molecule has 0 heterocycles. The standard InChI is InChI=1S/C12H11BF2O2/c1-8(17-13(14)15)10-7-6-9-4-2-3-5-11(9)12(10)16/h2-5H,6-7H2,1H3/b10-8-. The minimum absolute atomic E-state index is 0.0273. The van der Waals surface area contributed by atoms with Crippen LogP contribution < -0.4 is 0 Å². The second kappa shape index (κ2) is 4.69. The van der Waals surface area contributed by atoms with Crippen LogP contribution in [0.25, 0.3) is 0 Å². The van der Waals surface area contributed by atoms with E-state index in [-0.39, 0.29) is 11.5 Å². The van der Waals surface area contributed by atoms with E-state index < -0.39 is 7.47 Å². The zero-order valence-corrected chi connectivity index (χ0v) is 9.37. The average Bonchev–Trinajstić information content (AvgIpc) is 2.28. The van der Waals surface area contributed by atoms with Gasteiger partial charge in [0.2, 0.25) is 0 Å². The van der Waals surface area contributed by atoms with Gasteiger partial charge >= 0.3 is 7.47 Å². The van der Waals surface area contributed by atoms with Crippen LogP contribution in [-0.2, 0) is 11.1 Å². The maximum Gasteiger partial charge on any atom is 0.796 e. The van der Waals surface area contributed by atoms with Crippen molar-refractivity contribution < 1.29 is 18.1 Å². The lowest BCUT2D eigenvalue weighted by Crippen LogP contribution is -2.17. The van der Waals surface area contributed by atoms with Crippen LogP contribution in [0.15, 0.2) is 35.6 Å². The molecule has 0 spiro atoms. The molecule has 0 atom stereocenters. The molecule has 0 fully saturated rings. The number of ketones is 1. The smallest absolute Gasteiger partial charge is 0.509 e. The lowest BCUT2D eigenvalue weighted by molar-refractivity contribution is 0.102. The molecule has 5 heteroatoms. The zero-order valence-electron chi connectivity index (χ0n) is 9.37. The number of benzene rings is 1. The van der Waals surface area contributed by atoms with E-state index in [1.807, 2.05) is 12.1 Å². The molecule has 1 aliphatic carbocycles. The van der Waals surface area contributed by atoms with Gasteiger partial charge in [0.25, 0.3) is 0 Å². The third-order valence-electron chi connectivity index (χ3n) is 2.87. The summed E-state index contributed by atoms with van der Waals surface area (Å²) in [7, 11) is -2.88. The highest BCUT2D eigenvalue weighted by Crippen LogP contribution is 2.27. The summed E-state index contributed by atoms with van der Waals surface area (Å²) in [5.74, 6) is -0.176. The molecule has 0 saturated carbocycles. The van der Waals surface area contributed by atoms with Gasteiger partial charge in [-0.25, -0.2) is 8.63 Å². The van der Waals surface area contributed by atoms with Crippen LogP contribution in [0.1, 0.15) is 29.3 Å². The predicted molar refractivity (Wildman–Crippen MR) is 60.8 cm³/mol. The minimum atomic E-state index is -2.88. The number of fused-ring (bicyclic) bond motifs is 1. The zero-order chi connectivity index (χ0) is 12.4. The molecule has 0 aromatic heterocycles. The summed E-state index contributed by atoms with van der Waals surface area (Å²) in [6.45, 7) is 1.41. The normalized spacial score (nSPS) is 17.5. The second-order valence-corrected chi connectivity index (χ2v) is 3.90. The Morgan fingerprint density at radius 3 is 2.71 bits per heavy atom. The van der Waals surface area contributed by atoms with Gasteiger partial charge in [-0.15, -0.1) is 0 Å². The molecule has 0 radical (unpaired) electrons. The van der Waals surface area contributed by atoms with E-state index in [4.69, 9.17) is 0 Å². The topological polar surface area (TPSA) is 26.3 Å². The van der Waals surface area contributed by atoms with Gasteiger partial charge < -0.3 is 4.65 Å². The number of carbonyl (C=O) groups excluding carboxylic acids is 1. The molecular formula is C12H11BF2O2. The van der Waals surface area contributed by atoms with E-state index in [1.165, 1.54) is 6.92 Å². The molecule has 2 nitrogen and oxygen atoms in total. The van der Waals surface area contributed by atoms with Gasteiger partial charge in [0.1, 0.15) is 0 Å². The molecule has 0 aliphatic heterocycles. The van der Waals surface area contributed by atoms with Crippen LogP contribution in [0.2, 0.25) is 0 Å². The number of aryl methyl sites for hydroxylation is 1. The van der Waals surface area contributed by atoms with Gasteiger partial charge in [-0.2, -0.15) is 0 Å². The fraction of sp³-hybridized carbons (Fsp3) is 0.250. The van der Waals surface area contributed by atoms with E-state index in [1.54, 1.807) is 12.1 Å². The highest BCUT2D eigenvalue weighted by molar-refractivity contribution is 6.35. The van der Waals surface area contributed by atoms with Crippen molar-refractivity contribution in [3.63, 3.8) is 0 Å². The first-order valence-electron chi connectivity index (χ1n) is 5.36. The molecule has 0 unspecified atom stereocenters. The molecule has 0 bridgehead atoms. The number of hydrogen-bond donors (Lipinski definition) is 0. The Bertz CT molecular complexity index is 483. The Kier molecular flexibility index (Phi) is 3.27. The Morgan fingerprint density at radius 1 is 1.29 bits per heavy atom. The molecule has 17 heavy (non-hydrogen) atoms. The fourth-order valence-corrected chi connectivity index (χ4v) is 2.04. The molecular weight excluding hydrogens is 225 g/mol. The predicted octanol–water partition coefficient (Wildman–Crippen LogP) is 3.03. The minimum Gasteiger partial charge on any atom is -0.509 e. The molecule has 0 saturated heterocycles. The van der Waals surface area contributed by atoms with Gasteiger partial charge in [-0.05, 0) is 25.3 Å². The van der Waals surface area contributed by atoms with Crippen molar-refractivity contribution >= 4 is 13.3 Å². The lowest BCUT2D eigenvalue weighted by Gasteiger charge is -2.19. The van der Waals surface area contributed by atoms with Gasteiger partial charge in [0.15, 0.2) is 5.78 Å². The fourth-order valence-electron chi connectivity index (χ4n) is 2.04. The highest BCUT2D eigenvalue weighted by atomic mass is 19.2. The molecule has 1 aromatic carbocycles. The Labute approximate surface area is 98.5 Å². The van der Waals surface area contributed by atoms with E-state index in [9.17, 15) is 13.4 Å². The first kappa shape index (κ1) is 11.8. The van der Waals surface area contributed by atoms with E-state index in [2.05, 4.69) is 4.65 Å². The number of carbonyl (C=O) groups is 1. The number of allylic oxidation sites excluding steroid dienone is 2. The van der Waals surface area contributed by atoms with Crippen LogP contribution >= 0.6 is 0 Å². The summed E-state index contributed by atoms with van der Waals surface area (Å²) < 4.78 is 28.5. The summed E-state index contributed by atoms with van der Waals surface area (Å²) >= 11 is 0. The first-order chi connectivity index (χ1) is 8.09. The SMILES string of the molecule is C/C(OB(F)F)=C1\CCc2ccccc2C1=O. The average molecular weight is 236 g/mol. The van der Waals surface area contributed by atoms with Crippen LogP contribution in [-0.4, -0.2) is 13.3 Å². The van der Waals surface area contributed by atoms with E-state index >= 15 is 0 Å². The summed E-state index contributed by atoms with van der Waals surface area (Å²) in [6.07, 6.45) is 1.13. The van der Waals surface area contributed by atoms with Crippen molar-refractivity contribution in [3.05, 3.63) is 46.7 Å². The van der Waals surface area contributed by atoms with Gasteiger partial charge in [-0.3, -0.25) is 4.79 Å². The van der Waals surface area contributed by atoms with Crippen molar-refractivity contribution in [3.8, 4) is 0 Å². The maximum atomic E-state index is 12.1. The number of rotatable bonds is 2. The quantitative estimate of drug-likeness (QED) is 0.448. The summed E-state index contributed by atoms with van der Waals surface area (Å²) in [4.78, 5) is 12.1. The van der Waals surface area contributed by atoms with Crippen molar-refractivity contribution in [2.24, 2.45) is 0 Å². The Balaban J connectivity index is 2.34. The molecule has 1 aromatic rings. The van der Waals surface area contributed by atoms with Gasteiger partial charge in [0, 0.05) is 11.1 Å². The maximum absolute atomic E-state index is 12.1. The van der Waals surface area contributed by atoms with E-state index in [0.717, 1.165) is 5.56 Å². The second-order valence-electron chi connectivity index (χ2n) is 3.90. The molecule has 0 amide bonds. The van der Waals surface area contributed by atoms with E-state index in [0.29, 0.717) is 24.0 Å². The monoisotopic (exact) mass is 236 g/mol. The van der Waals surface area contributed by atoms with Gasteiger partial charge in [0.05, 0.1) is 5.76 Å². The lowest BCUT2D eigenvalue weighted by atomic mass is 9.86. The summed E-state index contributed by atoms with van der Waals surface area (Å²) in [6, 6.07) is 7.23. The number of Topliss-reactive ketones (excluding diaryl/α,β-unsaturated/α-hetero) is 1. The Morgan fingerprint density at radius 2 is 2.00 bits per heavy atom. The third kappa shape index (κ3) is 2.38. The summed E-state index contributed by atoms with van der Waals surface area (Å²) in [5.41, 5.74) is 1.90. The third-order valence-corrected chi connectivity index (χ3v) is 2.87. The van der Waals surface area contributed by atoms with Crippen LogP contribution in [0.5, 0.6) is 0 Å². The molecule has 88 valence electrons. The van der Waals surface area contributed by atoms with Crippen LogP contribution in [0.4, 0.5) is 8.63 Å². The van der Waals surface area contributed by atoms with Crippen molar-refractivity contribution in [1.82, 2.24) is 0 Å². The van der Waals surface area contributed by atoms with Crippen molar-refractivity contribution in [2.45, 2.75) is 19.8 Å². The first-order valence-corrected chi connectivity index (χ1v) is 5.36. The molecule has 0 N–H and O–H groups in total. The Hall–Kier alpha value is -1.65.